The van der Waals surface area contributed by atoms with Crippen molar-refractivity contribution in [2.75, 3.05) is 26.3 Å². The normalized spacial score (nSPS) is 40.3. The van der Waals surface area contributed by atoms with Crippen molar-refractivity contribution in [2.45, 2.75) is 38.3 Å². The lowest BCUT2D eigenvalue weighted by Gasteiger charge is -2.33. The van der Waals surface area contributed by atoms with E-state index in [9.17, 15) is 0 Å². The highest BCUT2D eigenvalue weighted by Crippen LogP contribution is 2.21. The molecule has 2 saturated heterocycles. The standard InChI is InChI=1S/C11H22N2O/c1-9-3-2-5-13(9)7-10-8-14-6-4-11(10)12/h9-11H,2-8,12H2,1H3. The summed E-state index contributed by atoms with van der Waals surface area (Å²) >= 11 is 0. The molecule has 2 N–H and O–H groups in total. The summed E-state index contributed by atoms with van der Waals surface area (Å²) in [4.78, 5) is 2.57. The van der Waals surface area contributed by atoms with Crippen LogP contribution in [0.15, 0.2) is 0 Å². The molecule has 0 radical (unpaired) electrons. The fraction of sp³-hybridized carbons (Fsp3) is 1.00. The molecule has 14 heavy (non-hydrogen) atoms. The van der Waals surface area contributed by atoms with Crippen molar-refractivity contribution in [1.29, 1.82) is 0 Å². The molecule has 2 rings (SSSR count). The van der Waals surface area contributed by atoms with E-state index in [0.29, 0.717) is 12.0 Å². The lowest BCUT2D eigenvalue weighted by molar-refractivity contribution is 0.0252. The molecular weight excluding hydrogens is 176 g/mol. The molecule has 3 unspecified atom stereocenters. The molecule has 0 amide bonds. The first kappa shape index (κ1) is 10.4. The molecule has 0 aliphatic carbocycles. The molecule has 0 bridgehead atoms. The van der Waals surface area contributed by atoms with Crippen LogP contribution in [0.1, 0.15) is 26.2 Å². The van der Waals surface area contributed by atoms with Gasteiger partial charge in [-0.1, -0.05) is 0 Å². The van der Waals surface area contributed by atoms with Crippen molar-refractivity contribution in [3.63, 3.8) is 0 Å². The maximum Gasteiger partial charge on any atom is 0.0521 e. The second-order valence-corrected chi connectivity index (χ2v) is 4.77. The van der Waals surface area contributed by atoms with Crippen LogP contribution in [0, 0.1) is 5.92 Å². The molecule has 3 heteroatoms. The summed E-state index contributed by atoms with van der Waals surface area (Å²) in [6, 6.07) is 1.11. The van der Waals surface area contributed by atoms with Crippen LogP contribution in [-0.4, -0.2) is 43.3 Å². The van der Waals surface area contributed by atoms with E-state index in [1.807, 2.05) is 0 Å². The Bertz CT molecular complexity index is 186. The third-order valence-corrected chi connectivity index (χ3v) is 3.69. The van der Waals surface area contributed by atoms with E-state index >= 15 is 0 Å². The van der Waals surface area contributed by atoms with Gasteiger partial charge in [0.2, 0.25) is 0 Å². The van der Waals surface area contributed by atoms with Gasteiger partial charge in [-0.3, -0.25) is 0 Å². The molecule has 3 nitrogen and oxygen atoms in total. The van der Waals surface area contributed by atoms with Gasteiger partial charge in [-0.05, 0) is 32.7 Å². The molecule has 82 valence electrons. The minimum atomic E-state index is 0.358. The Labute approximate surface area is 86.6 Å². The van der Waals surface area contributed by atoms with Crippen molar-refractivity contribution >= 4 is 0 Å². The topological polar surface area (TPSA) is 38.5 Å². The summed E-state index contributed by atoms with van der Waals surface area (Å²) in [5.41, 5.74) is 6.10. The zero-order chi connectivity index (χ0) is 9.97. The molecule has 2 aliphatic heterocycles. The van der Waals surface area contributed by atoms with Gasteiger partial charge in [0.05, 0.1) is 6.61 Å². The second-order valence-electron chi connectivity index (χ2n) is 4.77. The Kier molecular flexibility index (Phi) is 3.42. The number of ether oxygens (including phenoxy) is 1. The summed E-state index contributed by atoms with van der Waals surface area (Å²) in [5.74, 6) is 0.560. The number of hydrogen-bond acceptors (Lipinski definition) is 3. The fourth-order valence-corrected chi connectivity index (χ4v) is 2.57. The van der Waals surface area contributed by atoms with Crippen LogP contribution in [0.25, 0.3) is 0 Å². The number of rotatable bonds is 2. The first-order valence-corrected chi connectivity index (χ1v) is 5.85. The molecule has 0 spiro atoms. The molecule has 0 aromatic heterocycles. The molecule has 0 aromatic rings. The Morgan fingerprint density at radius 2 is 2.29 bits per heavy atom. The van der Waals surface area contributed by atoms with Gasteiger partial charge in [0.15, 0.2) is 0 Å². The van der Waals surface area contributed by atoms with E-state index in [1.165, 1.54) is 19.4 Å². The molecule has 0 aromatic carbocycles. The van der Waals surface area contributed by atoms with E-state index in [-0.39, 0.29) is 0 Å². The zero-order valence-electron chi connectivity index (χ0n) is 9.11. The van der Waals surface area contributed by atoms with Crippen LogP contribution >= 0.6 is 0 Å². The van der Waals surface area contributed by atoms with Crippen LogP contribution in [0.4, 0.5) is 0 Å². The minimum absolute atomic E-state index is 0.358. The van der Waals surface area contributed by atoms with Crippen molar-refractivity contribution in [2.24, 2.45) is 11.7 Å². The van der Waals surface area contributed by atoms with Crippen LogP contribution in [0.3, 0.4) is 0 Å². The molecular formula is C11H22N2O. The number of nitrogens with two attached hydrogens (primary N) is 1. The average Bonchev–Trinajstić information content (AvgIpc) is 2.56. The van der Waals surface area contributed by atoms with E-state index in [0.717, 1.165) is 32.2 Å². The first-order valence-electron chi connectivity index (χ1n) is 5.85. The van der Waals surface area contributed by atoms with Crippen molar-refractivity contribution in [1.82, 2.24) is 4.90 Å². The maximum atomic E-state index is 6.10. The van der Waals surface area contributed by atoms with E-state index in [2.05, 4.69) is 11.8 Å². The van der Waals surface area contributed by atoms with Crippen LogP contribution < -0.4 is 5.73 Å². The van der Waals surface area contributed by atoms with E-state index in [4.69, 9.17) is 10.5 Å². The fourth-order valence-electron chi connectivity index (χ4n) is 2.57. The molecule has 2 fully saturated rings. The maximum absolute atomic E-state index is 6.10. The summed E-state index contributed by atoms with van der Waals surface area (Å²) in [6.45, 7) is 6.44. The number of nitrogens with zero attached hydrogens (tertiary/aromatic N) is 1. The number of hydrogen-bond donors (Lipinski definition) is 1. The van der Waals surface area contributed by atoms with Crippen LogP contribution in [0.2, 0.25) is 0 Å². The first-order chi connectivity index (χ1) is 6.77. The smallest absolute Gasteiger partial charge is 0.0521 e. The predicted octanol–water partition coefficient (Wildman–Crippen LogP) is 0.835. The molecule has 2 heterocycles. The third kappa shape index (κ3) is 2.27. The Hall–Kier alpha value is -0.120. The van der Waals surface area contributed by atoms with E-state index in [1.54, 1.807) is 0 Å². The second kappa shape index (κ2) is 4.60. The van der Waals surface area contributed by atoms with Crippen molar-refractivity contribution in [3.8, 4) is 0 Å². The minimum Gasteiger partial charge on any atom is -0.381 e. The Morgan fingerprint density at radius 3 is 2.93 bits per heavy atom. The predicted molar refractivity (Wildman–Crippen MR) is 57.2 cm³/mol. The molecule has 3 atom stereocenters. The lowest BCUT2D eigenvalue weighted by atomic mass is 9.96. The summed E-state index contributed by atoms with van der Waals surface area (Å²) in [5, 5.41) is 0. The number of likely N-dealkylation sites (tertiary alicyclic amines) is 1. The third-order valence-electron chi connectivity index (χ3n) is 3.69. The van der Waals surface area contributed by atoms with Gasteiger partial charge in [-0.2, -0.15) is 0 Å². The van der Waals surface area contributed by atoms with Gasteiger partial charge in [-0.25, -0.2) is 0 Å². The Balaban J connectivity index is 1.83. The van der Waals surface area contributed by atoms with Gasteiger partial charge in [0.1, 0.15) is 0 Å². The monoisotopic (exact) mass is 198 g/mol. The van der Waals surface area contributed by atoms with Gasteiger partial charge in [0, 0.05) is 31.2 Å². The Morgan fingerprint density at radius 1 is 1.43 bits per heavy atom. The highest BCUT2D eigenvalue weighted by Gasteiger charge is 2.28. The van der Waals surface area contributed by atoms with E-state index < -0.39 is 0 Å². The van der Waals surface area contributed by atoms with Crippen molar-refractivity contribution < 1.29 is 4.74 Å². The summed E-state index contributed by atoms with van der Waals surface area (Å²) in [6.07, 6.45) is 3.74. The molecule has 2 aliphatic rings. The highest BCUT2D eigenvalue weighted by atomic mass is 16.5. The largest absolute Gasteiger partial charge is 0.381 e. The zero-order valence-corrected chi connectivity index (χ0v) is 9.11. The summed E-state index contributed by atoms with van der Waals surface area (Å²) < 4.78 is 5.49. The average molecular weight is 198 g/mol. The van der Waals surface area contributed by atoms with Crippen LogP contribution in [-0.2, 0) is 4.74 Å². The quantitative estimate of drug-likeness (QED) is 0.714. The van der Waals surface area contributed by atoms with Crippen LogP contribution in [0.5, 0.6) is 0 Å². The summed E-state index contributed by atoms with van der Waals surface area (Å²) in [7, 11) is 0. The lowest BCUT2D eigenvalue weighted by Crippen LogP contribution is -2.45. The van der Waals surface area contributed by atoms with Crippen molar-refractivity contribution in [3.05, 3.63) is 0 Å². The van der Waals surface area contributed by atoms with Gasteiger partial charge < -0.3 is 15.4 Å². The van der Waals surface area contributed by atoms with Gasteiger partial charge >= 0.3 is 0 Å². The SMILES string of the molecule is CC1CCCN1CC1COCCC1N. The molecule has 0 saturated carbocycles. The van der Waals surface area contributed by atoms with Gasteiger partial charge in [0.25, 0.3) is 0 Å². The van der Waals surface area contributed by atoms with Gasteiger partial charge in [-0.15, -0.1) is 0 Å². The highest BCUT2D eigenvalue weighted by molar-refractivity contribution is 4.83.